The average Bonchev–Trinajstić information content (AvgIpc) is 3.07. The quantitative estimate of drug-likeness (QED) is 0.313. The summed E-state index contributed by atoms with van der Waals surface area (Å²) in [5, 5.41) is 0. The van der Waals surface area contributed by atoms with Crippen molar-refractivity contribution < 1.29 is 0 Å². The molecule has 0 aromatic carbocycles. The topological polar surface area (TPSA) is 0 Å². The molecule has 7 unspecified atom stereocenters. The Kier molecular flexibility index (Phi) is 9.37. The fourth-order valence-corrected chi connectivity index (χ4v) is 15.4. The van der Waals surface area contributed by atoms with Crippen molar-refractivity contribution in [2.24, 2.45) is 82.9 Å². The number of hydrogen-bond acceptors (Lipinski definition) is 0. The molecule has 0 N–H and O–H groups in total. The highest BCUT2D eigenvalue weighted by Gasteiger charge is 2.56. The Morgan fingerprint density at radius 3 is 1.14 bits per heavy atom. The number of fused-ring (bicyclic) bond motifs is 3. The summed E-state index contributed by atoms with van der Waals surface area (Å²) in [6.45, 7) is 0. The van der Waals surface area contributed by atoms with Crippen molar-refractivity contribution in [2.45, 2.75) is 180 Å². The van der Waals surface area contributed by atoms with E-state index < -0.39 is 0 Å². The highest BCUT2D eigenvalue weighted by atomic mass is 14.6. The van der Waals surface area contributed by atoms with Crippen LogP contribution in [0.4, 0.5) is 0 Å². The molecule has 0 aromatic rings. The van der Waals surface area contributed by atoms with Crippen LogP contribution in [-0.2, 0) is 0 Å². The normalized spacial score (nSPS) is 49.4. The van der Waals surface area contributed by atoms with Crippen LogP contribution in [0.2, 0.25) is 0 Å². The number of rotatable bonds is 4. The maximum absolute atomic E-state index is 1.70. The molecule has 0 spiro atoms. The minimum absolute atomic E-state index is 1.11. The Labute approximate surface area is 262 Å². The lowest BCUT2D eigenvalue weighted by Gasteiger charge is -2.61. The first-order valence-electron chi connectivity index (χ1n) is 20.8. The second-order valence-corrected chi connectivity index (χ2v) is 18.5. The third kappa shape index (κ3) is 5.73. The summed E-state index contributed by atoms with van der Waals surface area (Å²) in [6.07, 6.45) is 44.9. The predicted molar refractivity (Wildman–Crippen MR) is 178 cm³/mol. The SMILES string of the molecule is C1CCC([C@H]2CC[C@@H](C3C4CCCC[C@H]4C(C4CCC5CCCCC5C4)C4CCCC[C@H]43)C[C@H]2C2CCCCC2)CC1. The van der Waals surface area contributed by atoms with Crippen molar-refractivity contribution in [2.75, 3.05) is 0 Å². The molecule has 42 heavy (non-hydrogen) atoms. The lowest BCUT2D eigenvalue weighted by molar-refractivity contribution is -0.126. The van der Waals surface area contributed by atoms with Crippen molar-refractivity contribution in [3.05, 3.63) is 0 Å². The van der Waals surface area contributed by atoms with Gasteiger partial charge in [0.05, 0.1) is 0 Å². The van der Waals surface area contributed by atoms with E-state index in [1.807, 2.05) is 0 Å². The molecule has 0 heteroatoms. The van der Waals surface area contributed by atoms with Crippen molar-refractivity contribution in [1.29, 1.82) is 0 Å². The predicted octanol–water partition coefficient (Wildman–Crippen LogP) is 12.6. The highest BCUT2D eigenvalue weighted by Crippen LogP contribution is 2.64. The van der Waals surface area contributed by atoms with Gasteiger partial charge in [-0.15, -0.1) is 0 Å². The molecular formula is C42H70. The zero-order valence-corrected chi connectivity index (χ0v) is 27.9. The van der Waals surface area contributed by atoms with Crippen LogP contribution in [0.25, 0.3) is 0 Å². The van der Waals surface area contributed by atoms with E-state index in [0.717, 1.165) is 82.9 Å². The van der Waals surface area contributed by atoms with Gasteiger partial charge in [-0.2, -0.15) is 0 Å². The molecule has 0 heterocycles. The van der Waals surface area contributed by atoms with Crippen LogP contribution in [0.3, 0.4) is 0 Å². The first kappa shape index (κ1) is 29.4. The first-order chi connectivity index (χ1) is 20.8. The van der Waals surface area contributed by atoms with Crippen LogP contribution < -0.4 is 0 Å². The van der Waals surface area contributed by atoms with E-state index in [4.69, 9.17) is 0 Å². The van der Waals surface area contributed by atoms with Gasteiger partial charge >= 0.3 is 0 Å². The first-order valence-corrected chi connectivity index (χ1v) is 20.8. The summed E-state index contributed by atoms with van der Waals surface area (Å²) in [7, 11) is 0. The standard InChI is InChI=1S/C42H70/c1-3-14-30(15-4-1)35-26-25-34(28-40(35)31-16-5-2-6-17-31)42-38-21-11-9-19-36(38)41(37-20-10-12-22-39(37)42)33-24-23-29-13-7-8-18-32(29)27-33/h29-42H,1-28H2/t29?,32?,33?,34-,35-,36-,37?,38?,39-,40+,41?,42?/m1/s1. The van der Waals surface area contributed by atoms with Crippen molar-refractivity contribution in [1.82, 2.24) is 0 Å². The van der Waals surface area contributed by atoms with Gasteiger partial charge in [-0.1, -0.05) is 116 Å². The molecular weight excluding hydrogens is 504 g/mol. The molecule has 0 saturated heterocycles. The second-order valence-electron chi connectivity index (χ2n) is 18.5. The summed E-state index contributed by atoms with van der Waals surface area (Å²) < 4.78 is 0. The number of hydrogen-bond donors (Lipinski definition) is 0. The molecule has 8 aliphatic carbocycles. The highest BCUT2D eigenvalue weighted by molar-refractivity contribution is 5.05. The lowest BCUT2D eigenvalue weighted by atomic mass is 9.44. The van der Waals surface area contributed by atoms with E-state index in [0.29, 0.717) is 0 Å². The van der Waals surface area contributed by atoms with E-state index in [-0.39, 0.29) is 0 Å². The van der Waals surface area contributed by atoms with E-state index >= 15 is 0 Å². The Bertz CT molecular complexity index is 822. The van der Waals surface area contributed by atoms with Crippen molar-refractivity contribution in [3.63, 3.8) is 0 Å². The fraction of sp³-hybridized carbons (Fsp3) is 1.00. The maximum atomic E-state index is 1.70. The minimum Gasteiger partial charge on any atom is -0.0533 e. The molecule has 238 valence electrons. The van der Waals surface area contributed by atoms with Crippen LogP contribution in [0.5, 0.6) is 0 Å². The van der Waals surface area contributed by atoms with Gasteiger partial charge in [-0.05, 0) is 147 Å². The second kappa shape index (κ2) is 13.4. The van der Waals surface area contributed by atoms with Crippen molar-refractivity contribution >= 4 is 0 Å². The molecule has 8 saturated carbocycles. The molecule has 0 aromatic heterocycles. The molecule has 0 nitrogen and oxygen atoms in total. The van der Waals surface area contributed by atoms with Gasteiger partial charge in [0.25, 0.3) is 0 Å². The molecule has 0 radical (unpaired) electrons. The molecule has 8 rings (SSSR count). The maximum Gasteiger partial charge on any atom is -0.0323 e. The van der Waals surface area contributed by atoms with Gasteiger partial charge in [0, 0.05) is 0 Å². The molecule has 12 atom stereocenters. The van der Waals surface area contributed by atoms with Gasteiger partial charge < -0.3 is 0 Å². The van der Waals surface area contributed by atoms with Crippen LogP contribution >= 0.6 is 0 Å². The monoisotopic (exact) mass is 575 g/mol. The van der Waals surface area contributed by atoms with E-state index in [2.05, 4.69) is 0 Å². The van der Waals surface area contributed by atoms with Crippen molar-refractivity contribution in [3.8, 4) is 0 Å². The van der Waals surface area contributed by atoms with E-state index in [1.165, 1.54) is 6.42 Å². The summed E-state index contributed by atoms with van der Waals surface area (Å²) >= 11 is 0. The van der Waals surface area contributed by atoms with Gasteiger partial charge in [0.1, 0.15) is 0 Å². The lowest BCUT2D eigenvalue weighted by Crippen LogP contribution is -2.54. The molecule has 0 aliphatic heterocycles. The van der Waals surface area contributed by atoms with Gasteiger partial charge in [-0.25, -0.2) is 0 Å². The van der Waals surface area contributed by atoms with Crippen LogP contribution in [0.1, 0.15) is 180 Å². The third-order valence-corrected chi connectivity index (χ3v) is 16.9. The smallest absolute Gasteiger partial charge is 0.0323 e. The van der Waals surface area contributed by atoms with Crippen LogP contribution in [-0.4, -0.2) is 0 Å². The van der Waals surface area contributed by atoms with E-state index in [1.54, 1.807) is 173 Å². The summed E-state index contributed by atoms with van der Waals surface area (Å²) in [5.74, 6) is 15.8. The summed E-state index contributed by atoms with van der Waals surface area (Å²) in [6, 6.07) is 0. The summed E-state index contributed by atoms with van der Waals surface area (Å²) in [5.41, 5.74) is 0. The minimum atomic E-state index is 1.11. The van der Waals surface area contributed by atoms with Gasteiger partial charge in [0.2, 0.25) is 0 Å². The molecule has 8 fully saturated rings. The molecule has 0 amide bonds. The van der Waals surface area contributed by atoms with Gasteiger partial charge in [-0.3, -0.25) is 0 Å². The van der Waals surface area contributed by atoms with Gasteiger partial charge in [0.15, 0.2) is 0 Å². The van der Waals surface area contributed by atoms with Crippen LogP contribution in [0.15, 0.2) is 0 Å². The third-order valence-electron chi connectivity index (χ3n) is 16.9. The molecule has 0 bridgehead atoms. The molecule has 8 aliphatic rings. The fourth-order valence-electron chi connectivity index (χ4n) is 15.4. The zero-order valence-electron chi connectivity index (χ0n) is 27.9. The Morgan fingerprint density at radius 1 is 0.190 bits per heavy atom. The Balaban J connectivity index is 1.06. The van der Waals surface area contributed by atoms with E-state index in [9.17, 15) is 0 Å². The largest absolute Gasteiger partial charge is 0.0533 e. The van der Waals surface area contributed by atoms with Crippen LogP contribution in [0, 0.1) is 82.9 Å². The Hall–Kier alpha value is 0. The average molecular weight is 575 g/mol. The summed E-state index contributed by atoms with van der Waals surface area (Å²) in [4.78, 5) is 0. The Morgan fingerprint density at radius 2 is 0.571 bits per heavy atom. The zero-order chi connectivity index (χ0) is 27.9.